The zero-order valence-electron chi connectivity index (χ0n) is 17.6. The first-order valence-electron chi connectivity index (χ1n) is 10.8. The van der Waals surface area contributed by atoms with Crippen LogP contribution in [0, 0.1) is 0 Å². The second kappa shape index (κ2) is 10.1. The zero-order valence-corrected chi connectivity index (χ0v) is 17.6. The maximum Gasteiger partial charge on any atom is 0.161 e. The van der Waals surface area contributed by atoms with Gasteiger partial charge in [-0.3, -0.25) is 4.98 Å². The molecular formula is C27H29NO2. The zero-order chi connectivity index (χ0) is 20.6. The van der Waals surface area contributed by atoms with Crippen LogP contribution in [0.2, 0.25) is 0 Å². The Labute approximate surface area is 179 Å². The highest BCUT2D eigenvalue weighted by Crippen LogP contribution is 2.32. The molecule has 0 atom stereocenters. The van der Waals surface area contributed by atoms with Gasteiger partial charge in [-0.25, -0.2) is 0 Å². The number of methoxy groups -OCH3 is 1. The third kappa shape index (κ3) is 5.50. The monoisotopic (exact) mass is 399 g/mol. The summed E-state index contributed by atoms with van der Waals surface area (Å²) in [6.45, 7) is 0. The average Bonchev–Trinajstić information content (AvgIpc) is 3.31. The Bertz CT molecular complexity index is 958. The first kappa shape index (κ1) is 20.2. The van der Waals surface area contributed by atoms with E-state index in [0.29, 0.717) is 6.10 Å². The third-order valence-corrected chi connectivity index (χ3v) is 5.66. The highest BCUT2D eigenvalue weighted by atomic mass is 16.5. The molecule has 0 N–H and O–H groups in total. The molecule has 2 aromatic carbocycles. The second-order valence-corrected chi connectivity index (χ2v) is 7.87. The molecule has 1 saturated carbocycles. The van der Waals surface area contributed by atoms with Gasteiger partial charge in [-0.2, -0.15) is 0 Å². The van der Waals surface area contributed by atoms with E-state index < -0.39 is 0 Å². The van der Waals surface area contributed by atoms with E-state index in [9.17, 15) is 0 Å². The Balaban J connectivity index is 1.36. The van der Waals surface area contributed by atoms with Crippen LogP contribution < -0.4 is 9.47 Å². The van der Waals surface area contributed by atoms with Gasteiger partial charge in [0, 0.05) is 12.4 Å². The van der Waals surface area contributed by atoms with E-state index in [1.807, 2.05) is 18.3 Å². The lowest BCUT2D eigenvalue weighted by Crippen LogP contribution is -2.11. The minimum atomic E-state index is 0.335. The summed E-state index contributed by atoms with van der Waals surface area (Å²) in [5.41, 5.74) is 4.92. The van der Waals surface area contributed by atoms with Gasteiger partial charge in [0.1, 0.15) is 0 Å². The van der Waals surface area contributed by atoms with Crippen LogP contribution in [0.5, 0.6) is 11.5 Å². The van der Waals surface area contributed by atoms with Gasteiger partial charge in [-0.1, -0.05) is 48.6 Å². The molecule has 3 heteroatoms. The molecule has 154 valence electrons. The fourth-order valence-electron chi connectivity index (χ4n) is 3.91. The van der Waals surface area contributed by atoms with E-state index in [0.717, 1.165) is 42.7 Å². The summed E-state index contributed by atoms with van der Waals surface area (Å²) in [6.07, 6.45) is 15.0. The quantitative estimate of drug-likeness (QED) is 0.441. The summed E-state index contributed by atoms with van der Waals surface area (Å²) < 4.78 is 11.7. The number of aromatic nitrogens is 1. The Morgan fingerprint density at radius 1 is 0.867 bits per heavy atom. The molecular weight excluding hydrogens is 370 g/mol. The van der Waals surface area contributed by atoms with Gasteiger partial charge in [-0.05, 0) is 79.0 Å². The van der Waals surface area contributed by atoms with Gasteiger partial charge in [0.2, 0.25) is 0 Å². The summed E-state index contributed by atoms with van der Waals surface area (Å²) >= 11 is 0. The van der Waals surface area contributed by atoms with Gasteiger partial charge >= 0.3 is 0 Å². The van der Waals surface area contributed by atoms with Crippen molar-refractivity contribution in [3.8, 4) is 11.5 Å². The average molecular weight is 400 g/mol. The van der Waals surface area contributed by atoms with Crippen LogP contribution in [0.25, 0.3) is 12.2 Å². The molecule has 0 aliphatic heterocycles. The van der Waals surface area contributed by atoms with Crippen molar-refractivity contribution in [3.05, 3.63) is 89.2 Å². The molecule has 0 saturated heterocycles. The van der Waals surface area contributed by atoms with Crippen molar-refractivity contribution < 1.29 is 9.47 Å². The molecule has 1 heterocycles. The smallest absolute Gasteiger partial charge is 0.161 e. The van der Waals surface area contributed by atoms with Gasteiger partial charge in [0.05, 0.1) is 13.2 Å². The van der Waals surface area contributed by atoms with Crippen LogP contribution in [0.15, 0.2) is 67.0 Å². The molecule has 1 aromatic heterocycles. The van der Waals surface area contributed by atoms with Crippen molar-refractivity contribution in [2.45, 2.75) is 44.6 Å². The van der Waals surface area contributed by atoms with Crippen molar-refractivity contribution in [3.63, 3.8) is 0 Å². The normalized spacial score (nSPS) is 14.3. The van der Waals surface area contributed by atoms with Gasteiger partial charge < -0.3 is 9.47 Å². The van der Waals surface area contributed by atoms with E-state index in [1.54, 1.807) is 13.3 Å². The molecule has 0 bridgehead atoms. The lowest BCUT2D eigenvalue weighted by Gasteiger charge is -2.17. The molecule has 0 unspecified atom stereocenters. The Morgan fingerprint density at radius 2 is 1.60 bits per heavy atom. The summed E-state index contributed by atoms with van der Waals surface area (Å²) in [7, 11) is 1.71. The maximum absolute atomic E-state index is 6.23. The van der Waals surface area contributed by atoms with Crippen molar-refractivity contribution >= 4 is 12.2 Å². The first-order valence-corrected chi connectivity index (χ1v) is 10.8. The number of benzene rings is 2. The molecule has 1 aliphatic rings. The fraction of sp³-hybridized carbons (Fsp3) is 0.296. The van der Waals surface area contributed by atoms with E-state index >= 15 is 0 Å². The number of aryl methyl sites for hydroxylation is 2. The molecule has 3 nitrogen and oxygen atoms in total. The van der Waals surface area contributed by atoms with Crippen molar-refractivity contribution in [2.24, 2.45) is 0 Å². The van der Waals surface area contributed by atoms with Crippen LogP contribution in [0.3, 0.4) is 0 Å². The van der Waals surface area contributed by atoms with Crippen LogP contribution >= 0.6 is 0 Å². The lowest BCUT2D eigenvalue weighted by molar-refractivity contribution is 0.200. The molecule has 30 heavy (non-hydrogen) atoms. The van der Waals surface area contributed by atoms with E-state index in [-0.39, 0.29) is 0 Å². The van der Waals surface area contributed by atoms with Crippen molar-refractivity contribution in [1.29, 1.82) is 0 Å². The predicted molar refractivity (Wildman–Crippen MR) is 123 cm³/mol. The Hall–Kier alpha value is -3.07. The predicted octanol–water partition coefficient (Wildman–Crippen LogP) is 6.37. The molecule has 1 aliphatic carbocycles. The molecule has 4 rings (SSSR count). The summed E-state index contributed by atoms with van der Waals surface area (Å²) in [5.74, 6) is 1.72. The third-order valence-electron chi connectivity index (χ3n) is 5.66. The SMILES string of the molecule is COc1ccc(CCc2ccc(C=Cc3cccnc3)cc2)cc1OC1CCCC1. The minimum absolute atomic E-state index is 0.335. The topological polar surface area (TPSA) is 31.4 Å². The van der Waals surface area contributed by atoms with Gasteiger partial charge in [0.25, 0.3) is 0 Å². The Kier molecular flexibility index (Phi) is 6.81. The van der Waals surface area contributed by atoms with Crippen molar-refractivity contribution in [1.82, 2.24) is 4.98 Å². The summed E-state index contributed by atoms with van der Waals surface area (Å²) in [6, 6.07) is 19.1. The molecule has 1 fully saturated rings. The lowest BCUT2D eigenvalue weighted by atomic mass is 10.0. The van der Waals surface area contributed by atoms with Crippen LogP contribution in [-0.4, -0.2) is 18.2 Å². The van der Waals surface area contributed by atoms with E-state index in [1.165, 1.54) is 29.5 Å². The molecule has 0 radical (unpaired) electrons. The summed E-state index contributed by atoms with van der Waals surface area (Å²) in [4.78, 5) is 4.14. The van der Waals surface area contributed by atoms with Crippen LogP contribution in [0.4, 0.5) is 0 Å². The largest absolute Gasteiger partial charge is 0.493 e. The Morgan fingerprint density at radius 3 is 2.33 bits per heavy atom. The summed E-state index contributed by atoms with van der Waals surface area (Å²) in [5, 5.41) is 0. The number of pyridine rings is 1. The molecule has 3 aromatic rings. The highest BCUT2D eigenvalue weighted by Gasteiger charge is 2.18. The van der Waals surface area contributed by atoms with E-state index in [4.69, 9.17) is 9.47 Å². The first-order chi connectivity index (χ1) is 14.8. The highest BCUT2D eigenvalue weighted by molar-refractivity contribution is 5.69. The standard InChI is InChI=1S/C27H29NO2/c1-29-26-17-16-23(19-27(26)30-25-6-2-3-7-25)14-12-21-8-10-22(11-9-21)13-15-24-5-4-18-28-20-24/h4-5,8-11,13,15-20,25H,2-3,6-7,12,14H2,1H3. The number of hydrogen-bond donors (Lipinski definition) is 0. The minimum Gasteiger partial charge on any atom is -0.493 e. The van der Waals surface area contributed by atoms with Crippen LogP contribution in [0.1, 0.15) is 47.9 Å². The van der Waals surface area contributed by atoms with Gasteiger partial charge in [0.15, 0.2) is 11.5 Å². The van der Waals surface area contributed by atoms with Crippen molar-refractivity contribution in [2.75, 3.05) is 7.11 Å². The fourth-order valence-corrected chi connectivity index (χ4v) is 3.91. The molecule has 0 amide bonds. The molecule has 0 spiro atoms. The van der Waals surface area contributed by atoms with E-state index in [2.05, 4.69) is 59.6 Å². The van der Waals surface area contributed by atoms with Gasteiger partial charge in [-0.15, -0.1) is 0 Å². The number of nitrogens with zero attached hydrogens (tertiary/aromatic N) is 1. The van der Waals surface area contributed by atoms with Crippen LogP contribution in [-0.2, 0) is 12.8 Å². The number of rotatable bonds is 8. The number of hydrogen-bond acceptors (Lipinski definition) is 3. The number of ether oxygens (including phenoxy) is 2. The second-order valence-electron chi connectivity index (χ2n) is 7.87. The maximum atomic E-state index is 6.23.